The summed E-state index contributed by atoms with van der Waals surface area (Å²) in [4.78, 5) is 12.0. The summed E-state index contributed by atoms with van der Waals surface area (Å²) in [6.45, 7) is 3.83. The van der Waals surface area contributed by atoms with E-state index in [1.165, 1.54) is 0 Å². The second kappa shape index (κ2) is 19.0. The van der Waals surface area contributed by atoms with Gasteiger partial charge in [0.1, 0.15) is 35.2 Å². The molecule has 0 radical (unpaired) electrons. The van der Waals surface area contributed by atoms with Gasteiger partial charge in [0.15, 0.2) is 11.5 Å². The largest absolute Gasteiger partial charge is 0.497 e. The van der Waals surface area contributed by atoms with Gasteiger partial charge < -0.3 is 38.4 Å². The van der Waals surface area contributed by atoms with Crippen LogP contribution in [0.5, 0.6) is 29.0 Å². The van der Waals surface area contributed by atoms with Gasteiger partial charge in [0.2, 0.25) is 0 Å². The Balaban J connectivity index is 1.43. The molecule has 0 amide bonds. The number of hydrogen-bond donors (Lipinski definition) is 1. The summed E-state index contributed by atoms with van der Waals surface area (Å²) in [6, 6.07) is 31.1. The zero-order valence-electron chi connectivity index (χ0n) is 32.1. The number of aromatic nitrogens is 4. The van der Waals surface area contributed by atoms with E-state index in [1.807, 2.05) is 97.1 Å². The zero-order chi connectivity index (χ0) is 38.6. The van der Waals surface area contributed by atoms with Crippen molar-refractivity contribution >= 4 is 11.5 Å². The number of anilines is 1. The lowest BCUT2D eigenvalue weighted by Gasteiger charge is -2.27. The second-order valence-corrected chi connectivity index (χ2v) is 13.0. The molecule has 1 N–H and O–H groups in total. The molecular weight excluding hydrogens is 699 g/mol. The maximum absolute atomic E-state index is 11.7. The maximum atomic E-state index is 11.7. The van der Waals surface area contributed by atoms with E-state index in [0.29, 0.717) is 78.4 Å². The summed E-state index contributed by atoms with van der Waals surface area (Å²) in [6.07, 6.45) is 2.69. The Morgan fingerprint density at radius 2 is 1.36 bits per heavy atom. The van der Waals surface area contributed by atoms with Crippen LogP contribution in [0.25, 0.3) is 5.65 Å². The van der Waals surface area contributed by atoms with E-state index in [9.17, 15) is 5.11 Å². The Morgan fingerprint density at radius 3 is 1.95 bits per heavy atom. The highest BCUT2D eigenvalue weighted by Gasteiger charge is 2.26. The molecule has 4 aromatic carbocycles. The van der Waals surface area contributed by atoms with E-state index in [4.69, 9.17) is 43.5 Å². The number of rotatable bonds is 20. The minimum absolute atomic E-state index is 0.150. The lowest BCUT2D eigenvalue weighted by atomic mass is 10.1. The normalized spacial score (nSPS) is 12.3. The molecule has 0 saturated carbocycles. The quantitative estimate of drug-likeness (QED) is 0.0778. The Kier molecular flexibility index (Phi) is 13.4. The number of fused-ring (bicyclic) bond motifs is 1. The summed E-state index contributed by atoms with van der Waals surface area (Å²) in [7, 11) is 6.51. The number of aliphatic hydroxyl groups is 1. The van der Waals surface area contributed by atoms with Crippen molar-refractivity contribution < 1.29 is 33.5 Å². The van der Waals surface area contributed by atoms with Crippen LogP contribution in [-0.4, -0.2) is 65.8 Å². The first-order chi connectivity index (χ1) is 26.9. The first-order valence-electron chi connectivity index (χ1n) is 18.4. The van der Waals surface area contributed by atoms with Crippen molar-refractivity contribution in [1.82, 2.24) is 19.6 Å². The van der Waals surface area contributed by atoms with Gasteiger partial charge >= 0.3 is 6.01 Å². The van der Waals surface area contributed by atoms with Gasteiger partial charge in [-0.25, -0.2) is 9.50 Å². The molecule has 6 aromatic rings. The van der Waals surface area contributed by atoms with E-state index in [2.05, 4.69) is 11.8 Å². The lowest BCUT2D eigenvalue weighted by Crippen LogP contribution is -2.27. The van der Waals surface area contributed by atoms with Crippen LogP contribution in [0.1, 0.15) is 60.2 Å². The van der Waals surface area contributed by atoms with Crippen molar-refractivity contribution in [1.29, 1.82) is 0 Å². The van der Waals surface area contributed by atoms with Gasteiger partial charge in [-0.1, -0.05) is 74.0 Å². The van der Waals surface area contributed by atoms with Crippen molar-refractivity contribution in [3.63, 3.8) is 0 Å². The van der Waals surface area contributed by atoms with Crippen LogP contribution in [0.2, 0.25) is 0 Å². The van der Waals surface area contributed by atoms with Gasteiger partial charge in [-0.15, -0.1) is 5.10 Å². The van der Waals surface area contributed by atoms with Crippen molar-refractivity contribution in [2.75, 3.05) is 39.9 Å². The summed E-state index contributed by atoms with van der Waals surface area (Å²) < 4.78 is 36.9. The average Bonchev–Trinajstić information content (AvgIpc) is 3.66. The minimum atomic E-state index is -1.01. The highest BCUT2D eigenvalue weighted by molar-refractivity contribution is 5.66. The van der Waals surface area contributed by atoms with E-state index in [1.54, 1.807) is 39.2 Å². The van der Waals surface area contributed by atoms with Crippen molar-refractivity contribution in [2.24, 2.45) is 0 Å². The van der Waals surface area contributed by atoms with Crippen LogP contribution in [0.15, 0.2) is 103 Å². The first kappa shape index (κ1) is 38.9. The number of ether oxygens (including phenoxy) is 6. The Hall–Kier alpha value is -5.85. The van der Waals surface area contributed by atoms with Gasteiger partial charge in [-0.05, 0) is 41.8 Å². The third-order valence-electron chi connectivity index (χ3n) is 9.34. The summed E-state index contributed by atoms with van der Waals surface area (Å²) in [5.74, 6) is 3.13. The Labute approximate surface area is 322 Å². The minimum Gasteiger partial charge on any atom is -0.497 e. The van der Waals surface area contributed by atoms with Gasteiger partial charge in [0.25, 0.3) is 0 Å². The number of methoxy groups -OCH3 is 4. The summed E-state index contributed by atoms with van der Waals surface area (Å²) >= 11 is 0. The van der Waals surface area contributed by atoms with Crippen molar-refractivity contribution in [3.8, 4) is 29.0 Å². The number of nitrogens with zero attached hydrogens (tertiary/aromatic N) is 5. The molecule has 0 aliphatic carbocycles. The van der Waals surface area contributed by atoms with E-state index < -0.39 is 6.10 Å². The SMILES string of the molecule is CCCC(CCOCc1ccccc1)Oc1nc(N(Cc2ccc(OC)cc2OC)Cc2ccc(OC)cc2OC)c2ncc(C(O)c3ccccc3)n2n1. The number of aliphatic hydroxyl groups excluding tert-OH is 1. The third kappa shape index (κ3) is 9.64. The highest BCUT2D eigenvalue weighted by atomic mass is 16.5. The summed E-state index contributed by atoms with van der Waals surface area (Å²) in [5, 5.41) is 16.5. The third-order valence-corrected chi connectivity index (χ3v) is 9.34. The fraction of sp³-hybridized carbons (Fsp3) is 0.326. The van der Waals surface area contributed by atoms with Crippen LogP contribution in [-0.2, 0) is 24.4 Å². The molecule has 2 heterocycles. The molecular formula is C43H49N5O7. The molecule has 288 valence electrons. The molecule has 55 heavy (non-hydrogen) atoms. The van der Waals surface area contributed by atoms with Gasteiger partial charge in [0.05, 0.1) is 53.5 Å². The van der Waals surface area contributed by atoms with E-state index in [-0.39, 0.29) is 12.1 Å². The zero-order valence-corrected chi connectivity index (χ0v) is 32.1. The molecule has 0 fully saturated rings. The molecule has 12 heteroatoms. The van der Waals surface area contributed by atoms with Crippen molar-refractivity contribution in [3.05, 3.63) is 131 Å². The van der Waals surface area contributed by atoms with Crippen LogP contribution in [0.4, 0.5) is 5.82 Å². The fourth-order valence-corrected chi connectivity index (χ4v) is 6.41. The number of hydrogen-bond acceptors (Lipinski definition) is 11. The number of imidazole rings is 1. The van der Waals surface area contributed by atoms with E-state index in [0.717, 1.165) is 29.5 Å². The van der Waals surface area contributed by atoms with Crippen LogP contribution in [0.3, 0.4) is 0 Å². The molecule has 2 atom stereocenters. The standard InChI is InChI=1S/C43H49N5O7/c1-6-13-34(22-23-54-29-30-14-9-7-10-15-30)55-43-45-42(41-44-26-37(48(41)46-43)40(49)31-16-11-8-12-17-31)47(27-32-18-20-35(50-2)24-38(32)52-4)28-33-19-21-36(51-3)25-39(33)53-5/h7-12,14-21,24-26,34,40,49H,6,13,22-23,27-29H2,1-5H3. The number of benzene rings is 4. The van der Waals surface area contributed by atoms with Crippen molar-refractivity contribution in [2.45, 2.75) is 58.1 Å². The molecule has 2 aromatic heterocycles. The van der Waals surface area contributed by atoms with Gasteiger partial charge in [-0.3, -0.25) is 0 Å². The molecule has 0 spiro atoms. The smallest absolute Gasteiger partial charge is 0.336 e. The average molecular weight is 748 g/mol. The Morgan fingerprint density at radius 1 is 0.745 bits per heavy atom. The Bertz CT molecular complexity index is 2050. The monoisotopic (exact) mass is 747 g/mol. The van der Waals surface area contributed by atoms with E-state index >= 15 is 0 Å². The van der Waals surface area contributed by atoms with Gasteiger partial charge in [-0.2, -0.15) is 4.98 Å². The molecule has 0 aliphatic rings. The van der Waals surface area contributed by atoms with Gasteiger partial charge in [0, 0.05) is 42.8 Å². The predicted molar refractivity (Wildman–Crippen MR) is 210 cm³/mol. The molecule has 12 nitrogen and oxygen atoms in total. The fourth-order valence-electron chi connectivity index (χ4n) is 6.41. The van der Waals surface area contributed by atoms with Crippen LogP contribution >= 0.6 is 0 Å². The second-order valence-electron chi connectivity index (χ2n) is 13.0. The lowest BCUT2D eigenvalue weighted by molar-refractivity contribution is 0.0749. The van der Waals surface area contributed by atoms with Crippen LogP contribution < -0.4 is 28.6 Å². The maximum Gasteiger partial charge on any atom is 0.336 e. The molecule has 6 rings (SSSR count). The highest BCUT2D eigenvalue weighted by Crippen LogP contribution is 2.34. The molecule has 0 bridgehead atoms. The van der Waals surface area contributed by atoms with Crippen LogP contribution in [0, 0.1) is 0 Å². The predicted octanol–water partition coefficient (Wildman–Crippen LogP) is 7.60. The topological polar surface area (TPSA) is 122 Å². The molecule has 2 unspecified atom stereocenters. The first-order valence-corrected chi connectivity index (χ1v) is 18.4. The summed E-state index contributed by atoms with van der Waals surface area (Å²) in [5.41, 5.74) is 4.48. The molecule has 0 saturated heterocycles. The molecule has 0 aliphatic heterocycles.